The van der Waals surface area contributed by atoms with Crippen molar-refractivity contribution < 1.29 is 27.2 Å². The first-order chi connectivity index (χ1) is 15.8. The van der Waals surface area contributed by atoms with Crippen molar-refractivity contribution in [2.75, 3.05) is 19.5 Å². The van der Waals surface area contributed by atoms with Crippen molar-refractivity contribution >= 4 is 16.0 Å². The van der Waals surface area contributed by atoms with Crippen LogP contribution in [0.2, 0.25) is 0 Å². The molecule has 33 heavy (non-hydrogen) atoms. The Morgan fingerprint density at radius 2 is 1.94 bits per heavy atom. The minimum atomic E-state index is -4.31. The van der Waals surface area contributed by atoms with E-state index in [1.165, 1.54) is 31.0 Å². The molecule has 0 aliphatic carbocycles. The largest absolute Gasteiger partial charge is 0.493 e. The van der Waals surface area contributed by atoms with Gasteiger partial charge >= 0.3 is 0 Å². The average molecular weight is 473 g/mol. The Labute approximate surface area is 191 Å². The lowest BCUT2D eigenvalue weighted by atomic mass is 10.2. The summed E-state index contributed by atoms with van der Waals surface area (Å²) >= 11 is 0. The van der Waals surface area contributed by atoms with Gasteiger partial charge in [0.1, 0.15) is 5.88 Å². The Kier molecular flexibility index (Phi) is 8.30. The molecule has 174 valence electrons. The lowest BCUT2D eigenvalue weighted by molar-refractivity contribution is 0.0958. The molecular formula is C22H24N4O6S. The van der Waals surface area contributed by atoms with Gasteiger partial charge in [0, 0.05) is 31.2 Å². The zero-order valence-corrected chi connectivity index (χ0v) is 18.7. The molecule has 0 fully saturated rings. The Morgan fingerprint density at radius 1 is 1.09 bits per heavy atom. The van der Waals surface area contributed by atoms with Gasteiger partial charge in [-0.25, -0.2) is 4.98 Å². The number of ether oxygens (including phenoxy) is 2. The smallest absolute Gasteiger partial charge is 0.283 e. The van der Waals surface area contributed by atoms with E-state index in [0.717, 1.165) is 18.5 Å². The average Bonchev–Trinajstić information content (AvgIpc) is 2.81. The summed E-state index contributed by atoms with van der Waals surface area (Å²) in [7, 11) is -2.77. The van der Waals surface area contributed by atoms with Crippen molar-refractivity contribution in [3.05, 3.63) is 77.7 Å². The minimum absolute atomic E-state index is 0.116. The molecule has 2 heterocycles. The maximum Gasteiger partial charge on any atom is 0.283 e. The van der Waals surface area contributed by atoms with E-state index in [4.69, 9.17) is 14.0 Å². The number of benzene rings is 1. The van der Waals surface area contributed by atoms with E-state index in [1.54, 1.807) is 12.3 Å². The predicted molar refractivity (Wildman–Crippen MR) is 121 cm³/mol. The van der Waals surface area contributed by atoms with Crippen LogP contribution in [0.15, 0.2) is 61.1 Å². The molecule has 11 heteroatoms. The SMILES string of the molecule is COc1cc(CNCCc2cccnc2)ccc1Oc1ccc(C(=O)NCS(=O)(=O)O)cn1. The van der Waals surface area contributed by atoms with Crippen molar-refractivity contribution in [2.24, 2.45) is 0 Å². The lowest BCUT2D eigenvalue weighted by Crippen LogP contribution is -2.29. The van der Waals surface area contributed by atoms with Gasteiger partial charge in [-0.3, -0.25) is 14.3 Å². The maximum atomic E-state index is 11.9. The van der Waals surface area contributed by atoms with E-state index in [0.29, 0.717) is 18.0 Å². The molecule has 0 atom stereocenters. The van der Waals surface area contributed by atoms with Gasteiger partial charge in [-0.1, -0.05) is 12.1 Å². The van der Waals surface area contributed by atoms with Gasteiger partial charge < -0.3 is 20.1 Å². The molecule has 0 saturated carbocycles. The topological polar surface area (TPSA) is 140 Å². The molecule has 1 amide bonds. The first-order valence-corrected chi connectivity index (χ1v) is 11.6. The van der Waals surface area contributed by atoms with Crippen LogP contribution in [0.5, 0.6) is 17.4 Å². The predicted octanol–water partition coefficient (Wildman–Crippen LogP) is 2.18. The fourth-order valence-electron chi connectivity index (χ4n) is 2.86. The summed E-state index contributed by atoms with van der Waals surface area (Å²) in [5, 5.41) is 5.46. The highest BCUT2D eigenvalue weighted by Crippen LogP contribution is 2.31. The van der Waals surface area contributed by atoms with Crippen LogP contribution in [0, 0.1) is 0 Å². The number of hydrogen-bond donors (Lipinski definition) is 3. The molecule has 0 saturated heterocycles. The molecule has 1 aromatic carbocycles. The highest BCUT2D eigenvalue weighted by Gasteiger charge is 2.12. The van der Waals surface area contributed by atoms with Crippen LogP contribution in [0.4, 0.5) is 0 Å². The maximum absolute atomic E-state index is 11.9. The molecule has 0 radical (unpaired) electrons. The standard InChI is InChI=1S/C22H24N4O6S/c1-31-20-11-17(13-24-10-8-16-3-2-9-23-12-16)4-6-19(20)32-21-7-5-18(14-25-21)22(27)26-15-33(28,29)30/h2-7,9,11-12,14,24H,8,10,13,15H2,1H3,(H,26,27)(H,28,29,30). The van der Waals surface area contributed by atoms with Gasteiger partial charge in [0.25, 0.3) is 16.0 Å². The van der Waals surface area contributed by atoms with Crippen molar-refractivity contribution in [3.63, 3.8) is 0 Å². The number of carbonyl (C=O) groups excluding carboxylic acids is 1. The van der Waals surface area contributed by atoms with Crippen LogP contribution >= 0.6 is 0 Å². The van der Waals surface area contributed by atoms with Gasteiger partial charge in [0.15, 0.2) is 11.5 Å². The Hall–Kier alpha value is -3.54. The second-order valence-corrected chi connectivity index (χ2v) is 8.45. The van der Waals surface area contributed by atoms with Crippen LogP contribution < -0.4 is 20.1 Å². The normalized spacial score (nSPS) is 11.1. The lowest BCUT2D eigenvalue weighted by Gasteiger charge is -2.12. The van der Waals surface area contributed by atoms with Crippen LogP contribution in [0.25, 0.3) is 0 Å². The summed E-state index contributed by atoms with van der Waals surface area (Å²) in [6.07, 6.45) is 5.72. The number of aromatic nitrogens is 2. The second kappa shape index (κ2) is 11.4. The third kappa shape index (κ3) is 7.83. The summed E-state index contributed by atoms with van der Waals surface area (Å²) in [5.74, 6) is -0.371. The molecule has 2 aromatic heterocycles. The molecule has 3 N–H and O–H groups in total. The van der Waals surface area contributed by atoms with Gasteiger partial charge in [-0.05, 0) is 48.4 Å². The van der Waals surface area contributed by atoms with Crippen LogP contribution in [0.1, 0.15) is 21.5 Å². The summed E-state index contributed by atoms with van der Waals surface area (Å²) < 4.78 is 41.3. The number of rotatable bonds is 11. The zero-order chi connectivity index (χ0) is 23.7. The molecule has 0 aliphatic rings. The highest BCUT2D eigenvalue weighted by atomic mass is 32.2. The van der Waals surface area contributed by atoms with Crippen molar-refractivity contribution in [1.82, 2.24) is 20.6 Å². The van der Waals surface area contributed by atoms with Crippen molar-refractivity contribution in [1.29, 1.82) is 0 Å². The first-order valence-electron chi connectivity index (χ1n) is 9.98. The summed E-state index contributed by atoms with van der Waals surface area (Å²) in [6.45, 7) is 1.46. The van der Waals surface area contributed by atoms with Crippen molar-refractivity contribution in [3.8, 4) is 17.4 Å². The monoisotopic (exact) mass is 472 g/mol. The number of nitrogens with zero attached hydrogens (tertiary/aromatic N) is 2. The van der Waals surface area contributed by atoms with E-state index in [-0.39, 0.29) is 11.4 Å². The fraction of sp³-hybridized carbons (Fsp3) is 0.227. The molecule has 10 nitrogen and oxygen atoms in total. The summed E-state index contributed by atoms with van der Waals surface area (Å²) in [5.41, 5.74) is 2.30. The number of pyridine rings is 2. The molecule has 0 aliphatic heterocycles. The van der Waals surface area contributed by atoms with E-state index in [2.05, 4.69) is 20.6 Å². The van der Waals surface area contributed by atoms with Gasteiger partial charge in [0.05, 0.1) is 12.7 Å². The van der Waals surface area contributed by atoms with Gasteiger partial charge in [0.2, 0.25) is 5.88 Å². The van der Waals surface area contributed by atoms with Crippen molar-refractivity contribution in [2.45, 2.75) is 13.0 Å². The molecule has 3 aromatic rings. The third-order valence-electron chi connectivity index (χ3n) is 4.50. The highest BCUT2D eigenvalue weighted by molar-refractivity contribution is 7.85. The number of methoxy groups -OCH3 is 1. The zero-order valence-electron chi connectivity index (χ0n) is 17.9. The number of hydrogen-bond acceptors (Lipinski definition) is 8. The Bertz CT molecular complexity index is 1170. The van der Waals surface area contributed by atoms with Crippen LogP contribution in [0.3, 0.4) is 0 Å². The van der Waals surface area contributed by atoms with E-state index in [1.807, 2.05) is 30.5 Å². The third-order valence-corrected chi connectivity index (χ3v) is 5.01. The summed E-state index contributed by atoms with van der Waals surface area (Å²) in [6, 6.07) is 12.4. The van der Waals surface area contributed by atoms with Crippen LogP contribution in [-0.2, 0) is 23.1 Å². The molecule has 0 unspecified atom stereocenters. The first kappa shape index (κ1) is 24.1. The molecule has 3 rings (SSSR count). The quantitative estimate of drug-likeness (QED) is 0.283. The fourth-order valence-corrected chi connectivity index (χ4v) is 3.18. The summed E-state index contributed by atoms with van der Waals surface area (Å²) in [4.78, 5) is 20.1. The number of carbonyl (C=O) groups is 1. The van der Waals surface area contributed by atoms with E-state index >= 15 is 0 Å². The molecular weight excluding hydrogens is 448 g/mol. The number of nitrogens with one attached hydrogen (secondary N) is 2. The Balaban J connectivity index is 1.55. The van der Waals surface area contributed by atoms with Crippen LogP contribution in [-0.4, -0.2) is 48.4 Å². The van der Waals surface area contributed by atoms with Gasteiger partial charge in [-0.2, -0.15) is 8.42 Å². The molecule has 0 spiro atoms. The van der Waals surface area contributed by atoms with E-state index in [9.17, 15) is 13.2 Å². The minimum Gasteiger partial charge on any atom is -0.493 e. The number of amides is 1. The Morgan fingerprint density at radius 3 is 2.61 bits per heavy atom. The van der Waals surface area contributed by atoms with E-state index < -0.39 is 21.9 Å². The molecule has 0 bridgehead atoms. The second-order valence-electron chi connectivity index (χ2n) is 6.99. The van der Waals surface area contributed by atoms with Gasteiger partial charge in [-0.15, -0.1) is 0 Å².